The van der Waals surface area contributed by atoms with Crippen LogP contribution in [0.5, 0.6) is 17.2 Å². The van der Waals surface area contributed by atoms with E-state index in [2.05, 4.69) is 0 Å². The minimum absolute atomic E-state index is 0.0465. The molecule has 0 fully saturated rings. The van der Waals surface area contributed by atoms with Crippen LogP contribution in [0, 0.1) is 0 Å². The zero-order chi connectivity index (χ0) is 16.8. The van der Waals surface area contributed by atoms with Crippen LogP contribution in [0.2, 0.25) is 0 Å². The van der Waals surface area contributed by atoms with Crippen LogP contribution < -0.4 is 14.9 Å². The summed E-state index contributed by atoms with van der Waals surface area (Å²) in [4.78, 5) is 23.9. The predicted octanol–water partition coefficient (Wildman–Crippen LogP) is 2.12. The Hall–Kier alpha value is -3.48. The van der Waals surface area contributed by atoms with E-state index in [9.17, 15) is 19.8 Å². The smallest absolute Gasteiger partial charge is 0.341 e. The minimum Gasteiger partial charge on any atom is -0.508 e. The van der Waals surface area contributed by atoms with Gasteiger partial charge in [0.25, 0.3) is 0 Å². The largest absolute Gasteiger partial charge is 0.508 e. The number of pyridine rings is 1. The van der Waals surface area contributed by atoms with Gasteiger partial charge in [-0.1, -0.05) is 0 Å². The van der Waals surface area contributed by atoms with Crippen LogP contribution in [-0.4, -0.2) is 27.5 Å². The van der Waals surface area contributed by atoms with Crippen molar-refractivity contribution in [1.29, 1.82) is 0 Å². The van der Waals surface area contributed by atoms with Gasteiger partial charge in [-0.3, -0.25) is 4.79 Å². The van der Waals surface area contributed by atoms with Crippen molar-refractivity contribution in [3.63, 3.8) is 0 Å². The zero-order valence-electron chi connectivity index (χ0n) is 12.2. The summed E-state index contributed by atoms with van der Waals surface area (Å²) in [6.45, 7) is 0.0465. The molecule has 0 saturated carbocycles. The molecule has 0 spiro atoms. The lowest BCUT2D eigenvalue weighted by Crippen LogP contribution is -2.18. The molecule has 0 bridgehead atoms. The number of aromatic carboxylic acids is 1. The van der Waals surface area contributed by atoms with Crippen LogP contribution in [0.3, 0.4) is 0 Å². The van der Waals surface area contributed by atoms with Crippen molar-refractivity contribution in [3.8, 4) is 22.9 Å². The lowest BCUT2D eigenvalue weighted by molar-refractivity contribution is 0.0695. The highest BCUT2D eigenvalue weighted by Crippen LogP contribution is 2.36. The molecule has 4 rings (SSSR count). The zero-order valence-corrected chi connectivity index (χ0v) is 12.2. The molecule has 1 aliphatic heterocycles. The van der Waals surface area contributed by atoms with E-state index in [-0.39, 0.29) is 23.5 Å². The summed E-state index contributed by atoms with van der Waals surface area (Å²) >= 11 is 0. The third-order valence-electron chi connectivity index (χ3n) is 3.86. The van der Waals surface area contributed by atoms with Crippen molar-refractivity contribution in [2.24, 2.45) is 0 Å². The molecule has 0 unspecified atom stereocenters. The summed E-state index contributed by atoms with van der Waals surface area (Å²) in [6, 6.07) is 9.32. The van der Waals surface area contributed by atoms with Crippen molar-refractivity contribution < 1.29 is 24.5 Å². The standard InChI is InChI=1S/C17H11NO6/c19-10-3-1-9(2-4-10)18-7-12(17(21)22)16(20)11-5-14-15(6-13(11)18)24-8-23-14/h1-7,19H,8H2,(H,21,22). The minimum atomic E-state index is -1.31. The Morgan fingerprint density at radius 2 is 1.75 bits per heavy atom. The molecular formula is C17H11NO6. The first-order valence-electron chi connectivity index (χ1n) is 7.06. The van der Waals surface area contributed by atoms with Crippen molar-refractivity contribution in [1.82, 2.24) is 4.57 Å². The summed E-state index contributed by atoms with van der Waals surface area (Å²) in [7, 11) is 0. The van der Waals surface area contributed by atoms with E-state index in [0.717, 1.165) is 0 Å². The third-order valence-corrected chi connectivity index (χ3v) is 3.86. The number of aromatic nitrogens is 1. The van der Waals surface area contributed by atoms with Crippen LogP contribution in [0.25, 0.3) is 16.6 Å². The average molecular weight is 325 g/mol. The number of carboxylic acid groups (broad SMARTS) is 1. The number of ether oxygens (including phenoxy) is 2. The Kier molecular flexibility index (Phi) is 2.96. The summed E-state index contributed by atoms with van der Waals surface area (Å²) in [5.41, 5.74) is 0.138. The second kappa shape index (κ2) is 5.02. The number of phenols is 1. The normalized spacial score (nSPS) is 12.5. The Labute approximate surface area is 134 Å². The van der Waals surface area contributed by atoms with Gasteiger partial charge >= 0.3 is 5.97 Å². The first kappa shape index (κ1) is 14.1. The molecule has 0 atom stereocenters. The van der Waals surface area contributed by atoms with Crippen molar-refractivity contribution in [3.05, 3.63) is 58.4 Å². The number of aromatic hydroxyl groups is 1. The maximum atomic E-state index is 12.5. The molecule has 3 aromatic rings. The molecule has 1 aromatic heterocycles. The van der Waals surface area contributed by atoms with E-state index in [0.29, 0.717) is 22.7 Å². The molecular weight excluding hydrogens is 314 g/mol. The highest BCUT2D eigenvalue weighted by Gasteiger charge is 2.21. The summed E-state index contributed by atoms with van der Waals surface area (Å²) in [5, 5.41) is 19.0. The number of rotatable bonds is 2. The fourth-order valence-electron chi connectivity index (χ4n) is 2.69. The van der Waals surface area contributed by atoms with Crippen LogP contribution in [0.4, 0.5) is 0 Å². The molecule has 0 radical (unpaired) electrons. The average Bonchev–Trinajstić information content (AvgIpc) is 3.02. The monoisotopic (exact) mass is 325 g/mol. The van der Waals surface area contributed by atoms with Gasteiger partial charge in [0, 0.05) is 18.0 Å². The fourth-order valence-corrected chi connectivity index (χ4v) is 2.69. The van der Waals surface area contributed by atoms with Gasteiger partial charge in [0.2, 0.25) is 12.2 Å². The molecule has 120 valence electrons. The molecule has 1 aliphatic rings. The molecule has 24 heavy (non-hydrogen) atoms. The van der Waals surface area contributed by atoms with E-state index < -0.39 is 11.4 Å². The highest BCUT2D eigenvalue weighted by atomic mass is 16.7. The van der Waals surface area contributed by atoms with Gasteiger partial charge in [0.15, 0.2) is 11.5 Å². The van der Waals surface area contributed by atoms with E-state index in [4.69, 9.17) is 9.47 Å². The molecule has 2 N–H and O–H groups in total. The molecule has 2 aromatic carbocycles. The number of benzene rings is 2. The van der Waals surface area contributed by atoms with Gasteiger partial charge in [-0.15, -0.1) is 0 Å². The maximum absolute atomic E-state index is 12.5. The number of carboxylic acids is 1. The second-order valence-corrected chi connectivity index (χ2v) is 5.29. The number of nitrogens with zero attached hydrogens (tertiary/aromatic N) is 1. The van der Waals surface area contributed by atoms with Crippen molar-refractivity contribution >= 4 is 16.9 Å². The topological polar surface area (TPSA) is 98.0 Å². The highest BCUT2D eigenvalue weighted by molar-refractivity contribution is 5.94. The molecule has 2 heterocycles. The van der Waals surface area contributed by atoms with Gasteiger partial charge < -0.3 is 24.3 Å². The first-order chi connectivity index (χ1) is 11.5. The van der Waals surface area contributed by atoms with Gasteiger partial charge in [-0.25, -0.2) is 4.79 Å². The quantitative estimate of drug-likeness (QED) is 0.749. The Bertz CT molecular complexity index is 1040. The molecule has 7 heteroatoms. The SMILES string of the molecule is O=C(O)c1cn(-c2ccc(O)cc2)c2cc3c(cc2c1=O)OCO3. The van der Waals surface area contributed by atoms with Crippen LogP contribution in [-0.2, 0) is 0 Å². The Morgan fingerprint density at radius 3 is 2.42 bits per heavy atom. The number of phenolic OH excluding ortho intramolecular Hbond substituents is 1. The predicted molar refractivity (Wildman–Crippen MR) is 84.3 cm³/mol. The Morgan fingerprint density at radius 1 is 1.08 bits per heavy atom. The Balaban J connectivity index is 2.11. The van der Waals surface area contributed by atoms with Gasteiger partial charge in [0.1, 0.15) is 11.3 Å². The number of fused-ring (bicyclic) bond motifs is 2. The summed E-state index contributed by atoms with van der Waals surface area (Å²) in [5.74, 6) is -0.343. The lowest BCUT2D eigenvalue weighted by atomic mass is 10.1. The lowest BCUT2D eigenvalue weighted by Gasteiger charge is -2.13. The maximum Gasteiger partial charge on any atom is 0.341 e. The summed E-state index contributed by atoms with van der Waals surface area (Å²) < 4.78 is 12.2. The van der Waals surface area contributed by atoms with Gasteiger partial charge in [-0.05, 0) is 30.3 Å². The van der Waals surface area contributed by atoms with E-state index in [1.807, 2.05) is 0 Å². The number of hydrogen-bond donors (Lipinski definition) is 2. The molecule has 0 saturated heterocycles. The van der Waals surface area contributed by atoms with Gasteiger partial charge in [-0.2, -0.15) is 0 Å². The number of carbonyl (C=O) groups is 1. The second-order valence-electron chi connectivity index (χ2n) is 5.29. The van der Waals surface area contributed by atoms with Crippen molar-refractivity contribution in [2.45, 2.75) is 0 Å². The third kappa shape index (κ3) is 2.06. The molecule has 0 aliphatic carbocycles. The van der Waals surface area contributed by atoms with Gasteiger partial charge in [0.05, 0.1) is 10.9 Å². The first-order valence-corrected chi connectivity index (χ1v) is 7.06. The molecule has 0 amide bonds. The van der Waals surface area contributed by atoms with Crippen LogP contribution in [0.15, 0.2) is 47.4 Å². The van der Waals surface area contributed by atoms with Crippen LogP contribution >= 0.6 is 0 Å². The van der Waals surface area contributed by atoms with E-state index in [1.165, 1.54) is 24.4 Å². The van der Waals surface area contributed by atoms with E-state index in [1.54, 1.807) is 22.8 Å². The van der Waals surface area contributed by atoms with E-state index >= 15 is 0 Å². The van der Waals surface area contributed by atoms with Crippen LogP contribution in [0.1, 0.15) is 10.4 Å². The number of hydrogen-bond acceptors (Lipinski definition) is 5. The molecule has 7 nitrogen and oxygen atoms in total. The van der Waals surface area contributed by atoms with Crippen molar-refractivity contribution in [2.75, 3.05) is 6.79 Å². The fraction of sp³-hybridized carbons (Fsp3) is 0.0588. The summed E-state index contributed by atoms with van der Waals surface area (Å²) in [6.07, 6.45) is 1.27.